The average Bonchev–Trinajstić information content (AvgIpc) is 3.34. The number of Topliss-reactive ketones (excluding diaryl/α,β-unsaturated/α-hetero) is 1. The van der Waals surface area contributed by atoms with Crippen LogP contribution in [0.2, 0.25) is 0 Å². The molecule has 3 rings (SSSR count). The molecule has 0 unspecified atom stereocenters. The highest BCUT2D eigenvalue weighted by Gasteiger charge is 2.53. The number of allylic oxidation sites excluding steroid dienone is 4. The lowest BCUT2D eigenvalue weighted by Gasteiger charge is -2.42. The van der Waals surface area contributed by atoms with Gasteiger partial charge in [-0.2, -0.15) is 0 Å². The number of esters is 1. The molecule has 17 nitrogen and oxygen atoms in total. The number of hydrogen-bond donors (Lipinski definition) is 7. The Morgan fingerprint density at radius 3 is 2.31 bits per heavy atom. The van der Waals surface area contributed by atoms with Gasteiger partial charge in [-0.1, -0.05) is 76.7 Å². The normalized spacial score (nSPS) is 28.4. The molecule has 1 saturated carbocycles. The Balaban J connectivity index is 1.87. The number of hydrogen-bond acceptors (Lipinski definition) is 16. The first-order valence-electron chi connectivity index (χ1n) is 26.2. The standard InChI is InChI=1S/C54H92N4O13/c1-11-12-13-18-34(4)45(67-9)31-40-22-20-38(8)54(66,71-40)51(63)52(64)58-25-16-14-19-42(58)53(65)70-46(41(56)29-39-21-23-43(59)47(30-39)68-10)32-44(60)35(5)28-37(7)49(61)50(62)48(36(6)27-33(2)3)57-69-26-17-15-24-55/h11-13,18,28,33,35-36,38-47,49-50,59-62,66H,1,14-17,19-27,29-32,55-56H2,2-10H3/b13-12+,34-18+,37-28+,57-48+/t35-,36-,38-,39+,40+,41-,42+,43-,44-,45+,46+,47-,49-,50+,54-/m1/s1. The summed E-state index contributed by atoms with van der Waals surface area (Å²) < 4.78 is 23.6. The van der Waals surface area contributed by atoms with Gasteiger partial charge in [0.2, 0.25) is 5.79 Å². The maximum atomic E-state index is 14.4. The molecule has 0 bridgehead atoms. The van der Waals surface area contributed by atoms with Crippen LogP contribution in [0.3, 0.4) is 0 Å². The fourth-order valence-corrected chi connectivity index (χ4v) is 10.2. The number of nitrogens with two attached hydrogens (primary N) is 2. The molecule has 2 aliphatic heterocycles. The lowest BCUT2D eigenvalue weighted by atomic mass is 9.80. The van der Waals surface area contributed by atoms with E-state index in [4.69, 9.17) is 35.3 Å². The van der Waals surface area contributed by atoms with Crippen molar-refractivity contribution in [3.63, 3.8) is 0 Å². The summed E-state index contributed by atoms with van der Waals surface area (Å²) in [6, 6.07) is -1.98. The number of ketones is 1. The largest absolute Gasteiger partial charge is 0.459 e. The lowest BCUT2D eigenvalue weighted by molar-refractivity contribution is -0.265. The molecule has 406 valence electrons. The van der Waals surface area contributed by atoms with Crippen LogP contribution in [0.4, 0.5) is 0 Å². The Kier molecular flexibility index (Phi) is 26.8. The Bertz CT molecular complexity index is 1790. The van der Waals surface area contributed by atoms with Crippen LogP contribution in [0, 0.1) is 29.6 Å². The Hall–Kier alpha value is -3.36. The van der Waals surface area contributed by atoms with Gasteiger partial charge in [-0.15, -0.1) is 0 Å². The second-order valence-corrected chi connectivity index (χ2v) is 21.0. The summed E-state index contributed by atoms with van der Waals surface area (Å²) in [7, 11) is 3.12. The van der Waals surface area contributed by atoms with Crippen molar-refractivity contribution in [2.45, 2.75) is 205 Å². The topological polar surface area (TPSA) is 266 Å². The van der Waals surface area contributed by atoms with Crippen LogP contribution in [0.15, 0.2) is 53.3 Å². The number of carbonyl (C=O) groups is 3. The monoisotopic (exact) mass is 1000 g/mol. The number of ether oxygens (including phenoxy) is 4. The van der Waals surface area contributed by atoms with E-state index in [9.17, 15) is 39.9 Å². The zero-order valence-corrected chi connectivity index (χ0v) is 44.3. The third-order valence-electron chi connectivity index (χ3n) is 14.8. The highest BCUT2D eigenvalue weighted by molar-refractivity contribution is 6.39. The summed E-state index contributed by atoms with van der Waals surface area (Å²) in [5.41, 5.74) is 14.1. The second kappa shape index (κ2) is 30.7. The minimum Gasteiger partial charge on any atom is -0.459 e. The van der Waals surface area contributed by atoms with E-state index in [2.05, 4.69) is 25.6 Å². The zero-order valence-electron chi connectivity index (χ0n) is 44.3. The SMILES string of the molecule is C=C/C=C/C=C(\C)[C@H](C[C@@H]1CC[C@@H](C)[C@](O)(C(=O)C(=O)N2CCCC[C@H]2C(=O)O[C@@H](C[C@@H](O)[C@H](C)/C=C(\C)[C@@H](O)[C@@H](O)/C(=N/OCCCCN)[C@H](C)CC(C)C)[C@H](N)C[C@@H]2CC[C@@H](O)[C@H](OC)C2)O1)OC. The molecule has 0 aromatic rings. The van der Waals surface area contributed by atoms with Crippen molar-refractivity contribution in [2.24, 2.45) is 46.2 Å². The first kappa shape index (κ1) is 61.9. The third kappa shape index (κ3) is 18.5. The molecule has 0 aromatic carbocycles. The number of unbranched alkanes of at least 4 members (excludes halogenated alkanes) is 1. The van der Waals surface area contributed by atoms with E-state index in [-0.39, 0.29) is 43.2 Å². The van der Waals surface area contributed by atoms with Crippen molar-refractivity contribution < 1.29 is 63.7 Å². The molecular weight excluding hydrogens is 913 g/mol. The van der Waals surface area contributed by atoms with Crippen molar-refractivity contribution in [3.05, 3.63) is 48.1 Å². The van der Waals surface area contributed by atoms with Crippen molar-refractivity contribution >= 4 is 23.4 Å². The summed E-state index contributed by atoms with van der Waals surface area (Å²) in [6.45, 7) is 17.6. The first-order chi connectivity index (χ1) is 33.6. The van der Waals surface area contributed by atoms with E-state index in [1.807, 2.05) is 26.0 Å². The molecule has 17 heteroatoms. The molecule has 0 aromatic heterocycles. The Labute approximate surface area is 424 Å². The highest BCUT2D eigenvalue weighted by Crippen LogP contribution is 2.37. The highest BCUT2D eigenvalue weighted by atomic mass is 16.6. The van der Waals surface area contributed by atoms with Crippen molar-refractivity contribution in [2.75, 3.05) is 33.9 Å². The maximum absolute atomic E-state index is 14.4. The van der Waals surface area contributed by atoms with Crippen LogP contribution in [-0.2, 0) is 38.2 Å². The Morgan fingerprint density at radius 1 is 0.944 bits per heavy atom. The summed E-state index contributed by atoms with van der Waals surface area (Å²) in [6.07, 6.45) is 8.42. The van der Waals surface area contributed by atoms with Gasteiger partial charge < -0.3 is 65.7 Å². The predicted molar refractivity (Wildman–Crippen MR) is 274 cm³/mol. The summed E-state index contributed by atoms with van der Waals surface area (Å²) in [5, 5.41) is 61.4. The summed E-state index contributed by atoms with van der Waals surface area (Å²) in [4.78, 5) is 49.6. The number of piperidine rings is 1. The number of amides is 1. The fraction of sp³-hybridized carbons (Fsp3) is 0.778. The lowest BCUT2D eigenvalue weighted by Crippen LogP contribution is -2.61. The number of rotatable bonds is 29. The van der Waals surface area contributed by atoms with Gasteiger partial charge in [0.05, 0.1) is 36.2 Å². The molecule has 2 heterocycles. The summed E-state index contributed by atoms with van der Waals surface area (Å²) in [5.74, 6) is -6.72. The molecule has 71 heavy (non-hydrogen) atoms. The van der Waals surface area contributed by atoms with E-state index in [0.29, 0.717) is 95.1 Å². The van der Waals surface area contributed by atoms with Gasteiger partial charge in [0.1, 0.15) is 31.0 Å². The molecule has 9 N–H and O–H groups in total. The first-order valence-corrected chi connectivity index (χ1v) is 26.2. The minimum absolute atomic E-state index is 0.00659. The molecule has 15 atom stereocenters. The number of nitrogens with zero attached hydrogens (tertiary/aromatic N) is 2. The van der Waals surface area contributed by atoms with Gasteiger partial charge in [0.15, 0.2) is 0 Å². The number of aliphatic hydroxyl groups excluding tert-OH is 4. The van der Waals surface area contributed by atoms with Crippen LogP contribution in [0.5, 0.6) is 0 Å². The van der Waals surface area contributed by atoms with Gasteiger partial charge in [0, 0.05) is 57.4 Å². The van der Waals surface area contributed by atoms with E-state index < -0.39 is 90.1 Å². The average molecular weight is 1010 g/mol. The Morgan fingerprint density at radius 2 is 1.66 bits per heavy atom. The van der Waals surface area contributed by atoms with E-state index in [1.54, 1.807) is 53.2 Å². The van der Waals surface area contributed by atoms with Gasteiger partial charge in [-0.05, 0) is 120 Å². The van der Waals surface area contributed by atoms with Crippen LogP contribution in [-0.4, -0.2) is 154 Å². The predicted octanol–water partition coefficient (Wildman–Crippen LogP) is 5.19. The third-order valence-corrected chi connectivity index (χ3v) is 14.8. The molecule has 1 aliphatic carbocycles. The van der Waals surface area contributed by atoms with Crippen LogP contribution >= 0.6 is 0 Å². The van der Waals surface area contributed by atoms with E-state index in [1.165, 1.54) is 4.90 Å². The van der Waals surface area contributed by atoms with Gasteiger partial charge in [-0.25, -0.2) is 4.79 Å². The molecule has 0 spiro atoms. The number of oxime groups is 1. The van der Waals surface area contributed by atoms with Gasteiger partial charge in [-0.3, -0.25) is 9.59 Å². The van der Waals surface area contributed by atoms with Crippen LogP contribution in [0.25, 0.3) is 0 Å². The van der Waals surface area contributed by atoms with Crippen LogP contribution < -0.4 is 11.5 Å². The number of likely N-dealkylation sites (tertiary alicyclic amines) is 1. The van der Waals surface area contributed by atoms with E-state index in [0.717, 1.165) is 12.0 Å². The molecule has 1 amide bonds. The molecule has 0 radical (unpaired) electrons. The van der Waals surface area contributed by atoms with E-state index >= 15 is 0 Å². The number of aliphatic hydroxyl groups is 5. The smallest absolute Gasteiger partial charge is 0.329 e. The second-order valence-electron chi connectivity index (χ2n) is 21.0. The van der Waals surface area contributed by atoms with Crippen molar-refractivity contribution in [1.82, 2.24) is 4.90 Å². The van der Waals surface area contributed by atoms with Crippen LogP contribution in [0.1, 0.15) is 138 Å². The maximum Gasteiger partial charge on any atom is 0.329 e. The summed E-state index contributed by atoms with van der Waals surface area (Å²) >= 11 is 0. The fourth-order valence-electron chi connectivity index (χ4n) is 10.2. The molecule has 3 aliphatic rings. The molecule has 3 fully saturated rings. The van der Waals surface area contributed by atoms with Gasteiger partial charge >= 0.3 is 5.97 Å². The number of carbonyl (C=O) groups excluding carboxylic acids is 3. The zero-order chi connectivity index (χ0) is 53.0. The van der Waals surface area contributed by atoms with Gasteiger partial charge in [0.25, 0.3) is 11.7 Å². The number of methoxy groups -OCH3 is 2. The molecular formula is C54H92N4O13. The quantitative estimate of drug-likeness (QED) is 0.00968. The minimum atomic E-state index is -2.45. The van der Waals surface area contributed by atoms with Crippen molar-refractivity contribution in [1.29, 1.82) is 0 Å². The molecule has 2 saturated heterocycles. The van der Waals surface area contributed by atoms with Crippen molar-refractivity contribution in [3.8, 4) is 0 Å².